The fourth-order valence-electron chi connectivity index (χ4n) is 1.29. The van der Waals surface area contributed by atoms with Gasteiger partial charge in [-0.3, -0.25) is 0 Å². The van der Waals surface area contributed by atoms with E-state index in [1.165, 1.54) is 13.2 Å². The van der Waals surface area contributed by atoms with Gasteiger partial charge in [0.2, 0.25) is 10.0 Å². The molecule has 0 amide bonds. The highest BCUT2D eigenvalue weighted by Gasteiger charge is 2.13. The Morgan fingerprint density at radius 3 is 2.82 bits per heavy atom. The van der Waals surface area contributed by atoms with Crippen LogP contribution in [0.4, 0.5) is 0 Å². The molecule has 0 heterocycles. The van der Waals surface area contributed by atoms with Crippen molar-refractivity contribution in [2.45, 2.75) is 18.2 Å². The minimum atomic E-state index is -3.44. The molecule has 0 aliphatic carbocycles. The first-order chi connectivity index (χ1) is 8.10. The third kappa shape index (κ3) is 4.20. The molecular weight excluding hydrogens is 238 g/mol. The molecule has 0 saturated heterocycles. The van der Waals surface area contributed by atoms with Crippen LogP contribution in [0.25, 0.3) is 0 Å². The Morgan fingerprint density at radius 1 is 1.41 bits per heavy atom. The summed E-state index contributed by atoms with van der Waals surface area (Å²) in [6, 6.07) is 6.40. The van der Waals surface area contributed by atoms with E-state index in [1.54, 1.807) is 18.2 Å². The molecular formula is C12H17NO3S. The van der Waals surface area contributed by atoms with Crippen molar-refractivity contribution in [2.24, 2.45) is 0 Å². The van der Waals surface area contributed by atoms with Crippen LogP contribution >= 0.6 is 0 Å². The molecule has 0 spiro atoms. The summed E-state index contributed by atoms with van der Waals surface area (Å²) in [5, 5.41) is 0. The second kappa shape index (κ2) is 6.42. The van der Waals surface area contributed by atoms with E-state index in [0.29, 0.717) is 18.7 Å². The molecule has 0 aromatic heterocycles. The lowest BCUT2D eigenvalue weighted by Gasteiger charge is -2.07. The number of hydrogen-bond donors (Lipinski definition) is 1. The zero-order valence-electron chi connectivity index (χ0n) is 10.0. The van der Waals surface area contributed by atoms with Crippen molar-refractivity contribution in [2.75, 3.05) is 13.7 Å². The number of hydrogen-bond acceptors (Lipinski definition) is 3. The van der Waals surface area contributed by atoms with Gasteiger partial charge in [-0.15, -0.1) is 0 Å². The molecule has 1 rings (SSSR count). The Kier molecular flexibility index (Phi) is 5.18. The van der Waals surface area contributed by atoms with Crippen LogP contribution in [0.1, 0.15) is 13.3 Å². The van der Waals surface area contributed by atoms with Crippen molar-refractivity contribution in [3.8, 4) is 5.75 Å². The first kappa shape index (κ1) is 13.7. The molecule has 0 bridgehead atoms. The predicted octanol–water partition coefficient (Wildman–Crippen LogP) is 1.94. The zero-order valence-corrected chi connectivity index (χ0v) is 10.8. The van der Waals surface area contributed by atoms with Crippen molar-refractivity contribution < 1.29 is 13.2 Å². The van der Waals surface area contributed by atoms with Gasteiger partial charge in [-0.2, -0.15) is 0 Å². The van der Waals surface area contributed by atoms with Gasteiger partial charge in [0.25, 0.3) is 0 Å². The van der Waals surface area contributed by atoms with Crippen molar-refractivity contribution in [3.63, 3.8) is 0 Å². The maximum absolute atomic E-state index is 11.9. The van der Waals surface area contributed by atoms with Gasteiger partial charge in [0.15, 0.2) is 0 Å². The average molecular weight is 255 g/mol. The van der Waals surface area contributed by atoms with Gasteiger partial charge >= 0.3 is 0 Å². The third-order valence-corrected chi connectivity index (χ3v) is 3.65. The normalized spacial score (nSPS) is 11.9. The third-order valence-electron chi connectivity index (χ3n) is 2.19. The topological polar surface area (TPSA) is 55.4 Å². The van der Waals surface area contributed by atoms with Crippen LogP contribution in [-0.4, -0.2) is 22.1 Å². The smallest absolute Gasteiger partial charge is 0.240 e. The average Bonchev–Trinajstić information content (AvgIpc) is 2.35. The number of ether oxygens (including phenoxy) is 1. The summed E-state index contributed by atoms with van der Waals surface area (Å²) >= 11 is 0. The zero-order chi connectivity index (χ0) is 12.7. The van der Waals surface area contributed by atoms with E-state index in [2.05, 4.69) is 4.72 Å². The molecule has 1 aromatic rings. The number of sulfonamides is 1. The predicted molar refractivity (Wildman–Crippen MR) is 67.6 cm³/mol. The molecule has 0 radical (unpaired) electrons. The highest BCUT2D eigenvalue weighted by molar-refractivity contribution is 7.89. The second-order valence-electron chi connectivity index (χ2n) is 3.43. The molecule has 0 fully saturated rings. The minimum Gasteiger partial charge on any atom is -0.497 e. The standard InChI is InChI=1S/C12H17NO3S/c1-3-4-5-9-13-17(14,15)12-8-6-7-11(10-12)16-2/h3-4,6-8,10,13H,5,9H2,1-2H3/b4-3+. The molecule has 94 valence electrons. The molecule has 4 nitrogen and oxygen atoms in total. The molecule has 17 heavy (non-hydrogen) atoms. The van der Waals surface area contributed by atoms with Crippen molar-refractivity contribution in [1.29, 1.82) is 0 Å². The van der Waals surface area contributed by atoms with Gasteiger partial charge in [-0.05, 0) is 25.5 Å². The van der Waals surface area contributed by atoms with Gasteiger partial charge in [0.1, 0.15) is 5.75 Å². The van der Waals surface area contributed by atoms with E-state index in [1.807, 2.05) is 19.1 Å². The van der Waals surface area contributed by atoms with Crippen LogP contribution in [0.5, 0.6) is 5.75 Å². The molecule has 1 N–H and O–H groups in total. The van der Waals surface area contributed by atoms with Crippen molar-refractivity contribution >= 4 is 10.0 Å². The van der Waals surface area contributed by atoms with E-state index in [-0.39, 0.29) is 4.90 Å². The molecule has 0 aliphatic rings. The Hall–Kier alpha value is -1.33. The number of benzene rings is 1. The van der Waals surface area contributed by atoms with Gasteiger partial charge < -0.3 is 4.74 Å². The molecule has 0 saturated carbocycles. The van der Waals surface area contributed by atoms with Crippen LogP contribution in [0.15, 0.2) is 41.3 Å². The molecule has 0 atom stereocenters. The quantitative estimate of drug-likeness (QED) is 0.624. The highest BCUT2D eigenvalue weighted by atomic mass is 32.2. The lowest BCUT2D eigenvalue weighted by Crippen LogP contribution is -2.24. The number of nitrogens with one attached hydrogen (secondary N) is 1. The van der Waals surface area contributed by atoms with E-state index in [4.69, 9.17) is 4.74 Å². The second-order valence-corrected chi connectivity index (χ2v) is 5.20. The minimum absolute atomic E-state index is 0.220. The lowest BCUT2D eigenvalue weighted by molar-refractivity contribution is 0.413. The fourth-order valence-corrected chi connectivity index (χ4v) is 2.38. The molecule has 0 unspecified atom stereocenters. The Labute approximate surface area is 102 Å². The van der Waals surface area contributed by atoms with Crippen LogP contribution in [0.3, 0.4) is 0 Å². The summed E-state index contributed by atoms with van der Waals surface area (Å²) in [6.45, 7) is 2.29. The lowest BCUT2D eigenvalue weighted by atomic mass is 10.3. The summed E-state index contributed by atoms with van der Waals surface area (Å²) in [4.78, 5) is 0.220. The van der Waals surface area contributed by atoms with Crippen molar-refractivity contribution in [3.05, 3.63) is 36.4 Å². The molecule has 1 aromatic carbocycles. The largest absolute Gasteiger partial charge is 0.497 e. The fraction of sp³-hybridized carbons (Fsp3) is 0.333. The van der Waals surface area contributed by atoms with Crippen LogP contribution in [-0.2, 0) is 10.0 Å². The molecule has 5 heteroatoms. The van der Waals surface area contributed by atoms with Gasteiger partial charge in [-0.1, -0.05) is 18.2 Å². The number of rotatable bonds is 6. The SMILES string of the molecule is C/C=C/CCNS(=O)(=O)c1cccc(OC)c1. The summed E-state index contributed by atoms with van der Waals surface area (Å²) in [5.41, 5.74) is 0. The van der Waals surface area contributed by atoms with Crippen LogP contribution in [0, 0.1) is 0 Å². The monoisotopic (exact) mass is 255 g/mol. The number of allylic oxidation sites excluding steroid dienone is 1. The van der Waals surface area contributed by atoms with E-state index >= 15 is 0 Å². The van der Waals surface area contributed by atoms with E-state index in [0.717, 1.165) is 0 Å². The Bertz CT molecular complexity index is 480. The Balaban J connectivity index is 2.75. The van der Waals surface area contributed by atoms with Crippen LogP contribution < -0.4 is 9.46 Å². The summed E-state index contributed by atoms with van der Waals surface area (Å²) < 4.78 is 31.3. The maximum atomic E-state index is 11.9. The summed E-state index contributed by atoms with van der Waals surface area (Å²) in [7, 11) is -1.93. The molecule has 0 aliphatic heterocycles. The highest BCUT2D eigenvalue weighted by Crippen LogP contribution is 2.16. The van der Waals surface area contributed by atoms with Gasteiger partial charge in [-0.25, -0.2) is 13.1 Å². The van der Waals surface area contributed by atoms with Crippen LogP contribution in [0.2, 0.25) is 0 Å². The van der Waals surface area contributed by atoms with E-state index in [9.17, 15) is 8.42 Å². The summed E-state index contributed by atoms with van der Waals surface area (Å²) in [5.74, 6) is 0.529. The van der Waals surface area contributed by atoms with Crippen molar-refractivity contribution in [1.82, 2.24) is 4.72 Å². The van der Waals surface area contributed by atoms with Gasteiger partial charge in [0.05, 0.1) is 12.0 Å². The Morgan fingerprint density at radius 2 is 2.18 bits per heavy atom. The first-order valence-corrected chi connectivity index (χ1v) is 6.83. The van der Waals surface area contributed by atoms with Gasteiger partial charge in [0, 0.05) is 12.6 Å². The first-order valence-electron chi connectivity index (χ1n) is 5.35. The maximum Gasteiger partial charge on any atom is 0.240 e. The number of methoxy groups -OCH3 is 1. The van der Waals surface area contributed by atoms with E-state index < -0.39 is 10.0 Å². The summed E-state index contributed by atoms with van der Waals surface area (Å²) in [6.07, 6.45) is 4.48.